The maximum atomic E-state index is 6.15. The molecule has 4 aromatic rings. The zero-order valence-corrected chi connectivity index (χ0v) is 17.3. The average Bonchev–Trinajstić information content (AvgIpc) is 3.08. The van der Waals surface area contributed by atoms with E-state index in [0.29, 0.717) is 0 Å². The lowest BCUT2D eigenvalue weighted by atomic mass is 9.61. The molecule has 0 saturated heterocycles. The van der Waals surface area contributed by atoms with Crippen molar-refractivity contribution >= 4 is 35.3 Å². The summed E-state index contributed by atoms with van der Waals surface area (Å²) in [7, 11) is 2.13. The van der Waals surface area contributed by atoms with Gasteiger partial charge in [-0.2, -0.15) is 0 Å². The van der Waals surface area contributed by atoms with Crippen molar-refractivity contribution in [1.82, 2.24) is 0 Å². The Bertz CT molecular complexity index is 1360. The highest BCUT2D eigenvalue weighted by Crippen LogP contribution is 2.28. The van der Waals surface area contributed by atoms with Crippen LogP contribution in [0.4, 0.5) is 5.82 Å². The molecule has 2 aromatic heterocycles. The molecule has 142 valence electrons. The molecule has 5 rings (SSSR count). The van der Waals surface area contributed by atoms with Crippen molar-refractivity contribution in [3.63, 3.8) is 0 Å². The van der Waals surface area contributed by atoms with Gasteiger partial charge in [-0.25, -0.2) is 4.57 Å². The SMILES string of the molecule is CB1C=c2oc3ccccc3c2=C(C)N1c1cc(-c2ccccc2)c(C)c[n+]1C. The summed E-state index contributed by atoms with van der Waals surface area (Å²) in [5.74, 6) is 3.40. The van der Waals surface area contributed by atoms with E-state index in [1.54, 1.807) is 0 Å². The summed E-state index contributed by atoms with van der Waals surface area (Å²) in [5.41, 5.74) is 6.92. The van der Waals surface area contributed by atoms with Gasteiger partial charge in [0.05, 0.1) is 24.2 Å². The van der Waals surface area contributed by atoms with Crippen LogP contribution < -0.4 is 20.0 Å². The first kappa shape index (κ1) is 17.8. The smallest absolute Gasteiger partial charge is 0.405 e. The molecule has 0 atom stereocenters. The van der Waals surface area contributed by atoms with Crippen LogP contribution in [0.5, 0.6) is 0 Å². The molecular weight excluding hydrogens is 355 g/mol. The van der Waals surface area contributed by atoms with Crippen LogP contribution in [-0.4, -0.2) is 6.85 Å². The predicted molar refractivity (Wildman–Crippen MR) is 121 cm³/mol. The molecule has 29 heavy (non-hydrogen) atoms. The van der Waals surface area contributed by atoms with Crippen LogP contribution in [0.1, 0.15) is 12.5 Å². The summed E-state index contributed by atoms with van der Waals surface area (Å²) >= 11 is 0. The highest BCUT2D eigenvalue weighted by molar-refractivity contribution is 6.77. The Labute approximate surface area is 171 Å². The van der Waals surface area contributed by atoms with E-state index in [-0.39, 0.29) is 6.85 Å². The number of rotatable bonds is 2. The molecule has 0 bridgehead atoms. The number of aromatic nitrogens is 1. The lowest BCUT2D eigenvalue weighted by Gasteiger charge is -2.24. The minimum absolute atomic E-state index is 0.195. The van der Waals surface area contributed by atoms with Crippen molar-refractivity contribution in [2.24, 2.45) is 7.05 Å². The van der Waals surface area contributed by atoms with Gasteiger partial charge in [-0.05, 0) is 49.4 Å². The quantitative estimate of drug-likeness (QED) is 0.390. The second-order valence-electron chi connectivity index (χ2n) is 7.91. The normalized spacial score (nSPS) is 13.6. The molecule has 4 heteroatoms. The van der Waals surface area contributed by atoms with E-state index in [2.05, 4.69) is 97.8 Å². The van der Waals surface area contributed by atoms with Crippen molar-refractivity contribution < 1.29 is 8.98 Å². The van der Waals surface area contributed by atoms with Crippen LogP contribution in [0.3, 0.4) is 0 Å². The number of nitrogens with zero attached hydrogens (tertiary/aromatic N) is 2. The molecule has 0 fully saturated rings. The summed E-state index contributed by atoms with van der Waals surface area (Å²) < 4.78 is 8.37. The fraction of sp³-hybridized carbons (Fsp3) is 0.160. The molecule has 0 saturated carbocycles. The number of aryl methyl sites for hydroxylation is 2. The highest BCUT2D eigenvalue weighted by atomic mass is 16.3. The van der Waals surface area contributed by atoms with Crippen molar-refractivity contribution in [2.45, 2.75) is 20.7 Å². The molecule has 0 radical (unpaired) electrons. The van der Waals surface area contributed by atoms with Crippen LogP contribution in [0.25, 0.3) is 33.8 Å². The predicted octanol–water partition coefficient (Wildman–Crippen LogP) is 3.82. The number of furan rings is 1. The molecule has 0 unspecified atom stereocenters. The highest BCUT2D eigenvalue weighted by Gasteiger charge is 2.34. The summed E-state index contributed by atoms with van der Waals surface area (Å²) in [6.07, 6.45) is 2.22. The van der Waals surface area contributed by atoms with Crippen molar-refractivity contribution in [1.29, 1.82) is 0 Å². The lowest BCUT2D eigenvalue weighted by molar-refractivity contribution is -0.658. The van der Waals surface area contributed by atoms with Crippen LogP contribution in [0.15, 0.2) is 71.3 Å². The van der Waals surface area contributed by atoms with E-state index < -0.39 is 0 Å². The Morgan fingerprint density at radius 1 is 0.966 bits per heavy atom. The van der Waals surface area contributed by atoms with Gasteiger partial charge in [0.25, 0.3) is 5.82 Å². The van der Waals surface area contributed by atoms with E-state index in [9.17, 15) is 0 Å². The van der Waals surface area contributed by atoms with Gasteiger partial charge in [0.15, 0.2) is 0 Å². The average molecular weight is 379 g/mol. The second-order valence-corrected chi connectivity index (χ2v) is 7.91. The first-order valence-electron chi connectivity index (χ1n) is 10.1. The minimum Gasteiger partial charge on any atom is -0.457 e. The first-order chi connectivity index (χ1) is 14.0. The van der Waals surface area contributed by atoms with Gasteiger partial charge in [0.2, 0.25) is 0 Å². The number of fused-ring (bicyclic) bond motifs is 3. The van der Waals surface area contributed by atoms with E-state index in [0.717, 1.165) is 11.0 Å². The number of pyridine rings is 1. The molecule has 3 nitrogen and oxygen atoms in total. The monoisotopic (exact) mass is 379 g/mol. The van der Waals surface area contributed by atoms with Gasteiger partial charge >= 0.3 is 6.85 Å². The Balaban J connectivity index is 1.76. The summed E-state index contributed by atoms with van der Waals surface area (Å²) in [6.45, 7) is 6.80. The van der Waals surface area contributed by atoms with Gasteiger partial charge in [0, 0.05) is 11.5 Å². The third-order valence-electron chi connectivity index (χ3n) is 5.92. The van der Waals surface area contributed by atoms with E-state index in [4.69, 9.17) is 4.42 Å². The molecule has 1 aliphatic rings. The van der Waals surface area contributed by atoms with Crippen molar-refractivity contribution in [2.75, 3.05) is 4.81 Å². The largest absolute Gasteiger partial charge is 0.457 e. The fourth-order valence-corrected chi connectivity index (χ4v) is 4.59. The minimum atomic E-state index is 0.195. The van der Waals surface area contributed by atoms with Gasteiger partial charge in [-0.15, -0.1) is 0 Å². The van der Waals surface area contributed by atoms with Crippen molar-refractivity contribution in [3.05, 3.63) is 83.1 Å². The summed E-state index contributed by atoms with van der Waals surface area (Å²) in [5, 5.41) is 2.37. The molecule has 3 heterocycles. The third kappa shape index (κ3) is 2.79. The number of hydrogen-bond acceptors (Lipinski definition) is 2. The van der Waals surface area contributed by atoms with Crippen LogP contribution >= 0.6 is 0 Å². The maximum Gasteiger partial charge on any atom is 0.405 e. The first-order valence-corrected chi connectivity index (χ1v) is 10.1. The summed E-state index contributed by atoms with van der Waals surface area (Å²) in [6, 6.07) is 21.2. The standard InChI is InChI=1S/C25H24BN2O/c1-17-16-27(4)24(14-21(17)19-10-6-5-7-11-19)28-18(2)25-20-12-8-9-13-22(20)29-23(25)15-26(28)3/h5-16H,1-4H3/q+1. The molecule has 0 spiro atoms. The van der Waals surface area contributed by atoms with Crippen molar-refractivity contribution in [3.8, 4) is 11.1 Å². The molecular formula is C25H24BN2O+. The lowest BCUT2D eigenvalue weighted by Crippen LogP contribution is -2.50. The molecule has 1 aliphatic heterocycles. The second kappa shape index (κ2) is 6.66. The van der Waals surface area contributed by atoms with E-state index >= 15 is 0 Å². The van der Waals surface area contributed by atoms with E-state index in [1.807, 2.05) is 12.1 Å². The van der Waals surface area contributed by atoms with Gasteiger partial charge < -0.3 is 4.42 Å². The number of hydrogen-bond donors (Lipinski definition) is 0. The Morgan fingerprint density at radius 2 is 1.69 bits per heavy atom. The van der Waals surface area contributed by atoms with Gasteiger partial charge in [-0.3, -0.25) is 4.81 Å². The summed E-state index contributed by atoms with van der Waals surface area (Å²) in [4.78, 5) is 2.41. The maximum absolute atomic E-state index is 6.15. The fourth-order valence-electron chi connectivity index (χ4n) is 4.59. The van der Waals surface area contributed by atoms with Crippen LogP contribution in [-0.2, 0) is 7.05 Å². The van der Waals surface area contributed by atoms with Crippen LogP contribution in [0.2, 0.25) is 6.82 Å². The molecule has 2 aromatic carbocycles. The van der Waals surface area contributed by atoms with Crippen LogP contribution in [0, 0.1) is 6.92 Å². The van der Waals surface area contributed by atoms with Gasteiger partial charge in [0.1, 0.15) is 11.0 Å². The zero-order valence-electron chi connectivity index (χ0n) is 17.3. The number of para-hydroxylation sites is 1. The zero-order chi connectivity index (χ0) is 20.1. The third-order valence-corrected chi connectivity index (χ3v) is 5.92. The Hall–Kier alpha value is -3.27. The molecule has 0 amide bonds. The van der Waals surface area contributed by atoms with E-state index in [1.165, 1.54) is 38.8 Å². The Morgan fingerprint density at radius 3 is 2.48 bits per heavy atom. The molecule has 0 N–H and O–H groups in total. The number of anilines is 1. The van der Waals surface area contributed by atoms with Gasteiger partial charge in [-0.1, -0.05) is 48.5 Å². The number of benzene rings is 2. The Kier molecular flexibility index (Phi) is 4.09. The topological polar surface area (TPSA) is 20.3 Å². The molecule has 0 aliphatic carbocycles.